The monoisotopic (exact) mass is 592 g/mol. The molecule has 44 heavy (non-hydrogen) atoms. The lowest BCUT2D eigenvalue weighted by atomic mass is 9.67. The summed E-state index contributed by atoms with van der Waals surface area (Å²) in [5.41, 5.74) is 2.12. The van der Waals surface area contributed by atoms with Crippen molar-refractivity contribution in [3.8, 4) is 23.0 Å². The molecule has 6 nitrogen and oxygen atoms in total. The number of ether oxygens (including phenoxy) is 4. The van der Waals surface area contributed by atoms with E-state index in [4.69, 9.17) is 18.9 Å². The van der Waals surface area contributed by atoms with Crippen molar-refractivity contribution in [1.29, 1.82) is 0 Å². The maximum absolute atomic E-state index is 12.4. The summed E-state index contributed by atoms with van der Waals surface area (Å²) in [7, 11) is 0. The topological polar surface area (TPSA) is 71.1 Å². The lowest BCUT2D eigenvalue weighted by Crippen LogP contribution is -2.28. The molecule has 0 heterocycles. The molecule has 4 aromatic rings. The highest BCUT2D eigenvalue weighted by molar-refractivity contribution is 5.68. The molecule has 0 atom stereocenters. The van der Waals surface area contributed by atoms with Gasteiger partial charge in [-0.1, -0.05) is 118 Å². The van der Waals surface area contributed by atoms with E-state index >= 15 is 0 Å². The summed E-state index contributed by atoms with van der Waals surface area (Å²) in [5.74, 6) is 1.72. The molecule has 0 saturated heterocycles. The third kappa shape index (κ3) is 8.73. The van der Waals surface area contributed by atoms with Gasteiger partial charge in [-0.3, -0.25) is 0 Å². The van der Waals surface area contributed by atoms with Crippen LogP contribution in [0.5, 0.6) is 23.0 Å². The van der Waals surface area contributed by atoms with Gasteiger partial charge in [0.05, 0.1) is 0 Å². The third-order valence-corrected chi connectivity index (χ3v) is 8.31. The summed E-state index contributed by atoms with van der Waals surface area (Å²) < 4.78 is 21.6. The van der Waals surface area contributed by atoms with Crippen LogP contribution in [-0.2, 0) is 5.41 Å². The largest absolute Gasteiger partial charge is 0.519 e. The van der Waals surface area contributed by atoms with E-state index in [2.05, 4.69) is 24.3 Å². The van der Waals surface area contributed by atoms with Crippen LogP contribution in [0.15, 0.2) is 109 Å². The molecule has 0 unspecified atom stereocenters. The minimum atomic E-state index is -0.772. The van der Waals surface area contributed by atoms with Gasteiger partial charge in [0.25, 0.3) is 0 Å². The van der Waals surface area contributed by atoms with Gasteiger partial charge in [0, 0.05) is 5.41 Å². The summed E-state index contributed by atoms with van der Waals surface area (Å²) in [6, 6.07) is 33.4. The first-order valence-electron chi connectivity index (χ1n) is 15.7. The Morgan fingerprint density at radius 2 is 0.682 bits per heavy atom. The molecule has 0 spiro atoms. The van der Waals surface area contributed by atoms with Crippen LogP contribution in [0.25, 0.3) is 0 Å². The minimum Gasteiger partial charge on any atom is -0.395 e. The highest BCUT2D eigenvalue weighted by Gasteiger charge is 2.34. The van der Waals surface area contributed by atoms with Crippen LogP contribution in [0, 0.1) is 0 Å². The van der Waals surface area contributed by atoms with Crippen LogP contribution in [0.3, 0.4) is 0 Å². The molecule has 1 fully saturated rings. The highest BCUT2D eigenvalue weighted by atomic mass is 16.7. The molecule has 228 valence electrons. The average Bonchev–Trinajstić information content (AvgIpc) is 3.03. The minimum absolute atomic E-state index is 0.231. The zero-order valence-electron chi connectivity index (χ0n) is 25.1. The molecule has 0 aromatic heterocycles. The molecule has 6 heteroatoms. The van der Waals surface area contributed by atoms with E-state index in [9.17, 15) is 9.59 Å². The summed E-state index contributed by atoms with van der Waals surface area (Å²) in [5, 5.41) is 0. The maximum atomic E-state index is 12.4. The van der Waals surface area contributed by atoms with Crippen molar-refractivity contribution in [3.05, 3.63) is 120 Å². The number of carbonyl (C=O) groups is 2. The van der Waals surface area contributed by atoms with Crippen molar-refractivity contribution in [2.24, 2.45) is 0 Å². The van der Waals surface area contributed by atoms with Gasteiger partial charge < -0.3 is 18.9 Å². The second kappa shape index (κ2) is 15.8. The van der Waals surface area contributed by atoms with Gasteiger partial charge in [-0.15, -0.1) is 0 Å². The lowest BCUT2D eigenvalue weighted by Gasteiger charge is -2.36. The van der Waals surface area contributed by atoms with Crippen molar-refractivity contribution >= 4 is 12.3 Å². The van der Waals surface area contributed by atoms with Gasteiger partial charge in [-0.2, -0.15) is 0 Å². The predicted octanol–water partition coefficient (Wildman–Crippen LogP) is 10.4. The van der Waals surface area contributed by atoms with E-state index in [1.54, 1.807) is 48.5 Å². The average molecular weight is 593 g/mol. The summed E-state index contributed by atoms with van der Waals surface area (Å²) in [4.78, 5) is 24.8. The molecule has 4 aromatic carbocycles. The maximum Gasteiger partial charge on any atom is 0.519 e. The molecular weight excluding hydrogens is 552 g/mol. The van der Waals surface area contributed by atoms with Crippen molar-refractivity contribution < 1.29 is 28.5 Å². The van der Waals surface area contributed by atoms with E-state index in [-0.39, 0.29) is 5.41 Å². The molecule has 0 amide bonds. The molecule has 1 aliphatic carbocycles. The Bertz CT molecular complexity index is 1340. The zero-order chi connectivity index (χ0) is 30.5. The fourth-order valence-electron chi connectivity index (χ4n) is 6.05. The molecule has 1 saturated carbocycles. The van der Waals surface area contributed by atoms with Gasteiger partial charge in [0.2, 0.25) is 0 Å². The molecule has 0 aliphatic heterocycles. The Hall–Kier alpha value is -4.58. The van der Waals surface area contributed by atoms with E-state index in [1.807, 2.05) is 36.4 Å². The molecular formula is C38H40O6. The Morgan fingerprint density at radius 1 is 0.386 bits per heavy atom. The Labute approximate surface area is 259 Å². The fraction of sp³-hybridized carbons (Fsp3) is 0.316. The van der Waals surface area contributed by atoms with Crippen LogP contribution in [0.1, 0.15) is 81.8 Å². The van der Waals surface area contributed by atoms with Crippen LogP contribution in [0.4, 0.5) is 9.59 Å². The van der Waals surface area contributed by atoms with E-state index < -0.39 is 12.3 Å². The Balaban J connectivity index is 1.36. The number of benzene rings is 4. The summed E-state index contributed by atoms with van der Waals surface area (Å²) in [6.07, 6.45) is 11.5. The zero-order valence-corrected chi connectivity index (χ0v) is 25.1. The van der Waals surface area contributed by atoms with Gasteiger partial charge >= 0.3 is 12.3 Å². The van der Waals surface area contributed by atoms with Gasteiger partial charge in [0.1, 0.15) is 23.0 Å². The summed E-state index contributed by atoms with van der Waals surface area (Å²) in [6.45, 7) is 0. The van der Waals surface area contributed by atoms with E-state index in [1.165, 1.54) is 56.1 Å². The van der Waals surface area contributed by atoms with Crippen LogP contribution < -0.4 is 18.9 Å². The Kier molecular flexibility index (Phi) is 11.1. The normalized spacial score (nSPS) is 15.5. The quantitative estimate of drug-likeness (QED) is 0.164. The fourth-order valence-corrected chi connectivity index (χ4v) is 6.05. The Morgan fingerprint density at radius 3 is 1.02 bits per heavy atom. The number of carbonyl (C=O) groups excluding carboxylic acids is 2. The van der Waals surface area contributed by atoms with Gasteiger partial charge in [0.15, 0.2) is 0 Å². The first-order valence-corrected chi connectivity index (χ1v) is 15.7. The third-order valence-electron chi connectivity index (χ3n) is 8.31. The molecule has 1 aliphatic rings. The van der Waals surface area contributed by atoms with Gasteiger partial charge in [-0.25, -0.2) is 9.59 Å². The number of para-hydroxylation sites is 2. The van der Waals surface area contributed by atoms with E-state index in [0.29, 0.717) is 23.0 Å². The molecule has 0 bridgehead atoms. The predicted molar refractivity (Wildman–Crippen MR) is 171 cm³/mol. The van der Waals surface area contributed by atoms with Crippen molar-refractivity contribution in [3.63, 3.8) is 0 Å². The van der Waals surface area contributed by atoms with E-state index in [0.717, 1.165) is 25.7 Å². The molecule has 0 N–H and O–H groups in total. The molecule has 5 rings (SSSR count). The van der Waals surface area contributed by atoms with Crippen LogP contribution in [-0.4, -0.2) is 12.3 Å². The van der Waals surface area contributed by atoms with Crippen molar-refractivity contribution in [2.75, 3.05) is 0 Å². The number of hydrogen-bond donors (Lipinski definition) is 0. The van der Waals surface area contributed by atoms with Crippen molar-refractivity contribution in [1.82, 2.24) is 0 Å². The second-order valence-electron chi connectivity index (χ2n) is 11.3. The first kappa shape index (κ1) is 30.9. The standard InChI is InChI=1S/C38H40O6/c39-36(41-32-16-10-8-11-17-32)43-34-24-20-30(21-25-34)38(28-14-6-4-2-1-3-5-7-15-29-38)31-22-26-35(27-23-31)44-37(40)42-33-18-12-9-13-19-33/h8-13,16-27H,1-7,14-15,28-29H2. The summed E-state index contributed by atoms with van der Waals surface area (Å²) >= 11 is 0. The lowest BCUT2D eigenvalue weighted by molar-refractivity contribution is 0.150. The smallest absolute Gasteiger partial charge is 0.395 e. The van der Waals surface area contributed by atoms with Crippen molar-refractivity contribution in [2.45, 2.75) is 76.0 Å². The SMILES string of the molecule is O=C(Oc1ccccc1)Oc1ccc(C2(c3ccc(OC(=O)Oc4ccccc4)cc3)CCCCCCCCCCC2)cc1. The van der Waals surface area contributed by atoms with Gasteiger partial charge in [-0.05, 0) is 72.5 Å². The van der Waals surface area contributed by atoms with Crippen LogP contribution in [0.2, 0.25) is 0 Å². The first-order chi connectivity index (χ1) is 21.6. The van der Waals surface area contributed by atoms with Crippen LogP contribution >= 0.6 is 0 Å². The number of hydrogen-bond acceptors (Lipinski definition) is 6. The number of rotatable bonds is 6. The molecule has 0 radical (unpaired) electrons. The second-order valence-corrected chi connectivity index (χ2v) is 11.3. The highest BCUT2D eigenvalue weighted by Crippen LogP contribution is 2.43.